The van der Waals surface area contributed by atoms with Crippen molar-refractivity contribution in [2.75, 3.05) is 32.3 Å². The maximum Gasteiger partial charge on any atom is 0.156 e. The van der Waals surface area contributed by atoms with E-state index in [1.54, 1.807) is 7.11 Å². The lowest BCUT2D eigenvalue weighted by atomic mass is 10.0. The number of para-hydroxylation sites is 1. The molecule has 3 heterocycles. The third kappa shape index (κ3) is 3.68. The molecule has 1 aromatic carbocycles. The summed E-state index contributed by atoms with van der Waals surface area (Å²) in [6.07, 6.45) is 1.01. The molecule has 0 aliphatic carbocycles. The Labute approximate surface area is 159 Å². The zero-order chi connectivity index (χ0) is 18.8. The number of benzene rings is 1. The number of nitrogens with zero attached hydrogens (tertiary/aromatic N) is 3. The Hall–Kier alpha value is -2.44. The lowest BCUT2D eigenvalue weighted by molar-refractivity contribution is 0.177. The lowest BCUT2D eigenvalue weighted by Gasteiger charge is -2.20. The Morgan fingerprint density at radius 3 is 2.89 bits per heavy atom. The summed E-state index contributed by atoms with van der Waals surface area (Å²) in [4.78, 5) is 15.1. The fraction of sp³-hybridized carbons (Fsp3) is 0.429. The van der Waals surface area contributed by atoms with Crippen molar-refractivity contribution in [2.45, 2.75) is 32.4 Å². The summed E-state index contributed by atoms with van der Waals surface area (Å²) >= 11 is 0. The molecule has 1 atom stereocenters. The van der Waals surface area contributed by atoms with Gasteiger partial charge in [0.1, 0.15) is 12.4 Å². The highest BCUT2D eigenvalue weighted by molar-refractivity contribution is 5.84. The van der Waals surface area contributed by atoms with Gasteiger partial charge in [-0.3, -0.25) is 0 Å². The van der Waals surface area contributed by atoms with Gasteiger partial charge in [0.05, 0.1) is 18.8 Å². The monoisotopic (exact) mass is 366 g/mol. The van der Waals surface area contributed by atoms with E-state index in [1.165, 1.54) is 22.2 Å². The number of nitrogens with one attached hydrogen (secondary N) is 1. The van der Waals surface area contributed by atoms with Crippen LogP contribution in [0.25, 0.3) is 10.9 Å². The number of H-pyrrole nitrogens is 1. The van der Waals surface area contributed by atoms with Crippen LogP contribution in [0.2, 0.25) is 0 Å². The molecule has 4 rings (SSSR count). The fourth-order valence-corrected chi connectivity index (χ4v) is 3.68. The van der Waals surface area contributed by atoms with Crippen LogP contribution in [0.15, 0.2) is 30.3 Å². The summed E-state index contributed by atoms with van der Waals surface area (Å²) in [5.74, 6) is 1.97. The highest BCUT2D eigenvalue weighted by Crippen LogP contribution is 2.27. The minimum Gasteiger partial charge on any atom is -0.381 e. The molecule has 2 aromatic heterocycles. The summed E-state index contributed by atoms with van der Waals surface area (Å²) in [7, 11) is 3.74. The first-order valence-corrected chi connectivity index (χ1v) is 9.37. The molecular weight excluding hydrogens is 340 g/mol. The van der Waals surface area contributed by atoms with Gasteiger partial charge in [0.25, 0.3) is 0 Å². The number of rotatable bonds is 6. The molecular formula is C21H26N4O2. The molecule has 0 radical (unpaired) electrons. The topological polar surface area (TPSA) is 63.3 Å². The van der Waals surface area contributed by atoms with Crippen molar-refractivity contribution < 1.29 is 9.47 Å². The van der Waals surface area contributed by atoms with Crippen molar-refractivity contribution in [3.63, 3.8) is 0 Å². The third-order valence-corrected chi connectivity index (χ3v) is 5.26. The van der Waals surface area contributed by atoms with Gasteiger partial charge in [-0.2, -0.15) is 0 Å². The van der Waals surface area contributed by atoms with Gasteiger partial charge in [0.2, 0.25) is 0 Å². The largest absolute Gasteiger partial charge is 0.381 e. The first kappa shape index (κ1) is 17.9. The van der Waals surface area contributed by atoms with E-state index in [0.29, 0.717) is 12.5 Å². The van der Waals surface area contributed by atoms with Crippen LogP contribution in [0.4, 0.5) is 5.82 Å². The molecule has 27 heavy (non-hydrogen) atoms. The van der Waals surface area contributed by atoms with E-state index < -0.39 is 0 Å². The van der Waals surface area contributed by atoms with E-state index in [4.69, 9.17) is 19.4 Å². The van der Waals surface area contributed by atoms with Gasteiger partial charge in [-0.05, 0) is 25.0 Å². The maximum absolute atomic E-state index is 5.55. The minimum atomic E-state index is 0.338. The number of aryl methyl sites for hydroxylation is 1. The van der Waals surface area contributed by atoms with Crippen LogP contribution in [-0.4, -0.2) is 42.3 Å². The Bertz CT molecular complexity index is 931. The number of fused-ring (bicyclic) bond motifs is 1. The molecule has 1 saturated heterocycles. The second-order valence-electron chi connectivity index (χ2n) is 7.19. The van der Waals surface area contributed by atoms with E-state index in [1.807, 2.05) is 0 Å². The molecule has 0 spiro atoms. The van der Waals surface area contributed by atoms with Gasteiger partial charge in [0, 0.05) is 49.3 Å². The SMILES string of the molecule is COCc1nc([C@H]2CCOC2)cc(N(C)Cc2[nH]c3ccccc3c2C)n1. The highest BCUT2D eigenvalue weighted by Gasteiger charge is 2.22. The van der Waals surface area contributed by atoms with Crippen LogP contribution in [-0.2, 0) is 22.6 Å². The van der Waals surface area contributed by atoms with Gasteiger partial charge in [-0.1, -0.05) is 18.2 Å². The summed E-state index contributed by atoms with van der Waals surface area (Å²) < 4.78 is 10.8. The molecule has 6 heteroatoms. The molecule has 0 saturated carbocycles. The van der Waals surface area contributed by atoms with Gasteiger partial charge in [-0.25, -0.2) is 9.97 Å². The normalized spacial score (nSPS) is 16.9. The molecule has 6 nitrogen and oxygen atoms in total. The van der Waals surface area contributed by atoms with Crippen LogP contribution >= 0.6 is 0 Å². The van der Waals surface area contributed by atoms with E-state index >= 15 is 0 Å². The summed E-state index contributed by atoms with van der Waals surface area (Å²) in [6.45, 7) is 4.86. The predicted octanol–water partition coefficient (Wildman–Crippen LogP) is 3.55. The zero-order valence-corrected chi connectivity index (χ0v) is 16.2. The number of hydrogen-bond donors (Lipinski definition) is 1. The quantitative estimate of drug-likeness (QED) is 0.723. The number of anilines is 1. The predicted molar refractivity (Wildman–Crippen MR) is 106 cm³/mol. The Kier molecular flexibility index (Phi) is 5.09. The molecule has 1 aliphatic heterocycles. The molecule has 1 fully saturated rings. The molecule has 0 unspecified atom stereocenters. The molecule has 3 aromatic rings. The first-order valence-electron chi connectivity index (χ1n) is 9.37. The molecule has 1 N–H and O–H groups in total. The summed E-state index contributed by atoms with van der Waals surface area (Å²) in [6, 6.07) is 10.5. The van der Waals surface area contributed by atoms with Crippen molar-refractivity contribution >= 4 is 16.7 Å². The van der Waals surface area contributed by atoms with E-state index in [-0.39, 0.29) is 0 Å². The third-order valence-electron chi connectivity index (χ3n) is 5.26. The average molecular weight is 366 g/mol. The van der Waals surface area contributed by atoms with Crippen LogP contribution in [0, 0.1) is 6.92 Å². The molecule has 142 valence electrons. The summed E-state index contributed by atoms with van der Waals surface area (Å²) in [5, 5.41) is 1.27. The van der Waals surface area contributed by atoms with Crippen molar-refractivity contribution in [2.24, 2.45) is 0 Å². The van der Waals surface area contributed by atoms with Crippen LogP contribution in [0.5, 0.6) is 0 Å². The first-order chi connectivity index (χ1) is 13.2. The van der Waals surface area contributed by atoms with Crippen molar-refractivity contribution in [3.05, 3.63) is 53.1 Å². The lowest BCUT2D eigenvalue weighted by Crippen LogP contribution is -2.20. The van der Waals surface area contributed by atoms with Gasteiger partial charge >= 0.3 is 0 Å². The average Bonchev–Trinajstić information content (AvgIpc) is 3.31. The van der Waals surface area contributed by atoms with Crippen LogP contribution in [0.1, 0.15) is 35.1 Å². The highest BCUT2D eigenvalue weighted by atomic mass is 16.5. The Morgan fingerprint density at radius 1 is 1.30 bits per heavy atom. The van der Waals surface area contributed by atoms with Gasteiger partial charge < -0.3 is 19.4 Å². The number of aromatic nitrogens is 3. The fourth-order valence-electron chi connectivity index (χ4n) is 3.68. The summed E-state index contributed by atoms with van der Waals surface area (Å²) in [5.41, 5.74) is 4.71. The number of ether oxygens (including phenoxy) is 2. The van der Waals surface area contributed by atoms with Gasteiger partial charge in [-0.15, -0.1) is 0 Å². The molecule has 1 aliphatic rings. The molecule has 0 bridgehead atoms. The van der Waals surface area contributed by atoms with Crippen molar-refractivity contribution in [1.82, 2.24) is 15.0 Å². The Morgan fingerprint density at radius 2 is 2.15 bits per heavy atom. The second-order valence-corrected chi connectivity index (χ2v) is 7.19. The number of aromatic amines is 1. The Balaban J connectivity index is 1.63. The maximum atomic E-state index is 5.55. The van der Waals surface area contributed by atoms with Crippen molar-refractivity contribution in [1.29, 1.82) is 0 Å². The second kappa shape index (κ2) is 7.66. The molecule has 0 amide bonds. The number of hydrogen-bond acceptors (Lipinski definition) is 5. The van der Waals surface area contributed by atoms with Crippen LogP contribution in [0.3, 0.4) is 0 Å². The smallest absolute Gasteiger partial charge is 0.156 e. The number of methoxy groups -OCH3 is 1. The zero-order valence-electron chi connectivity index (χ0n) is 16.2. The van der Waals surface area contributed by atoms with E-state index in [9.17, 15) is 0 Å². The van der Waals surface area contributed by atoms with E-state index in [0.717, 1.165) is 43.5 Å². The minimum absolute atomic E-state index is 0.338. The standard InChI is InChI=1S/C21H26N4O2/c1-14-16-6-4-5-7-17(16)22-19(14)11-25(2)21-10-18(15-8-9-27-12-15)23-20(24-21)13-26-3/h4-7,10,15,22H,8-9,11-13H2,1-3H3/t15-/m0/s1. The van der Waals surface area contributed by atoms with Gasteiger partial charge in [0.15, 0.2) is 5.82 Å². The van der Waals surface area contributed by atoms with Crippen LogP contribution < -0.4 is 4.90 Å². The van der Waals surface area contributed by atoms with E-state index in [2.05, 4.69) is 54.2 Å². The van der Waals surface area contributed by atoms with Crippen molar-refractivity contribution in [3.8, 4) is 0 Å².